The number of hydrogen-bond acceptors (Lipinski definition) is 5. The fourth-order valence-electron chi connectivity index (χ4n) is 3.24. The summed E-state index contributed by atoms with van der Waals surface area (Å²) in [6.45, 7) is 3.51. The van der Waals surface area contributed by atoms with Crippen LogP contribution in [-0.4, -0.2) is 58.5 Å². The third kappa shape index (κ3) is 4.67. The molecule has 0 spiro atoms. The van der Waals surface area contributed by atoms with Crippen molar-refractivity contribution in [2.45, 2.75) is 32.0 Å². The monoisotopic (exact) mass is 389 g/mol. The lowest BCUT2D eigenvalue weighted by atomic mass is 10.0. The van der Waals surface area contributed by atoms with Crippen molar-refractivity contribution >= 4 is 23.4 Å². The summed E-state index contributed by atoms with van der Waals surface area (Å²) < 4.78 is 0. The highest BCUT2D eigenvalue weighted by molar-refractivity contribution is 6.31. The predicted octanol–water partition coefficient (Wildman–Crippen LogP) is 2.22. The van der Waals surface area contributed by atoms with E-state index < -0.39 is 6.10 Å². The van der Waals surface area contributed by atoms with Crippen LogP contribution in [0.1, 0.15) is 17.5 Å². The van der Waals surface area contributed by atoms with Crippen LogP contribution < -0.4 is 10.2 Å². The van der Waals surface area contributed by atoms with Crippen LogP contribution in [0.15, 0.2) is 36.5 Å². The number of carbonyl (C=O) groups excluding carboxylic acids is 1. The van der Waals surface area contributed by atoms with Crippen LogP contribution in [-0.2, 0) is 6.54 Å². The molecular weight excluding hydrogens is 366 g/mol. The molecule has 2 N–H and O–H groups in total. The van der Waals surface area contributed by atoms with Crippen LogP contribution in [0.4, 0.5) is 10.6 Å². The van der Waals surface area contributed by atoms with Crippen LogP contribution in [0.25, 0.3) is 0 Å². The van der Waals surface area contributed by atoms with Gasteiger partial charge >= 0.3 is 6.03 Å². The number of hydrogen-bond donors (Lipinski definition) is 2. The summed E-state index contributed by atoms with van der Waals surface area (Å²) in [5, 5.41) is 22.0. The number of nitrogens with one attached hydrogen (secondary N) is 1. The lowest BCUT2D eigenvalue weighted by molar-refractivity contribution is 0.0618. The Bertz CT molecular complexity index is 789. The molecule has 1 fully saturated rings. The van der Waals surface area contributed by atoms with Crippen LogP contribution >= 0.6 is 11.6 Å². The Labute approximate surface area is 164 Å². The average molecular weight is 390 g/mol. The van der Waals surface area contributed by atoms with Gasteiger partial charge in [-0.3, -0.25) is 0 Å². The first-order chi connectivity index (χ1) is 13.0. The van der Waals surface area contributed by atoms with Gasteiger partial charge in [0.1, 0.15) is 0 Å². The lowest BCUT2D eigenvalue weighted by Gasteiger charge is -2.40. The van der Waals surface area contributed by atoms with Crippen molar-refractivity contribution in [3.05, 3.63) is 52.7 Å². The summed E-state index contributed by atoms with van der Waals surface area (Å²) in [5.41, 5.74) is 1.95. The van der Waals surface area contributed by atoms with Crippen LogP contribution in [0.3, 0.4) is 0 Å². The largest absolute Gasteiger partial charge is 0.391 e. The van der Waals surface area contributed by atoms with E-state index in [9.17, 15) is 9.90 Å². The molecule has 0 radical (unpaired) electrons. The van der Waals surface area contributed by atoms with Gasteiger partial charge in [-0.2, -0.15) is 5.10 Å². The van der Waals surface area contributed by atoms with E-state index in [1.54, 1.807) is 18.1 Å². The van der Waals surface area contributed by atoms with Gasteiger partial charge in [-0.05, 0) is 42.7 Å². The molecule has 0 saturated carbocycles. The molecule has 144 valence electrons. The number of amides is 2. The topological polar surface area (TPSA) is 81.6 Å². The highest BCUT2D eigenvalue weighted by atomic mass is 35.5. The minimum absolute atomic E-state index is 0.229. The smallest absolute Gasteiger partial charge is 0.317 e. The Hall–Kier alpha value is -2.38. The Morgan fingerprint density at radius 3 is 2.96 bits per heavy atom. The van der Waals surface area contributed by atoms with Crippen molar-refractivity contribution in [3.8, 4) is 0 Å². The van der Waals surface area contributed by atoms with E-state index >= 15 is 0 Å². The Kier molecular flexibility index (Phi) is 6.13. The number of aryl methyl sites for hydroxylation is 1. The van der Waals surface area contributed by atoms with E-state index in [4.69, 9.17) is 11.6 Å². The second-order valence-electron chi connectivity index (χ2n) is 6.80. The van der Waals surface area contributed by atoms with E-state index in [0.717, 1.165) is 16.9 Å². The minimum atomic E-state index is -0.577. The van der Waals surface area contributed by atoms with Gasteiger partial charge in [0.25, 0.3) is 0 Å². The molecule has 1 saturated heterocycles. The van der Waals surface area contributed by atoms with Crippen LogP contribution in [0.2, 0.25) is 5.02 Å². The fourth-order valence-corrected chi connectivity index (χ4v) is 3.36. The van der Waals surface area contributed by atoms with Gasteiger partial charge in [0.2, 0.25) is 0 Å². The molecule has 2 heterocycles. The van der Waals surface area contributed by atoms with Crippen molar-refractivity contribution in [2.24, 2.45) is 0 Å². The predicted molar refractivity (Wildman–Crippen MR) is 105 cm³/mol. The number of halogens is 1. The number of likely N-dealkylation sites (N-methyl/N-ethyl adjacent to an activating group) is 1. The normalized spacial score (nSPS) is 19.6. The molecule has 7 nitrogen and oxygen atoms in total. The molecule has 27 heavy (non-hydrogen) atoms. The fraction of sp³-hybridized carbons (Fsp3) is 0.421. The molecule has 1 aromatic heterocycles. The van der Waals surface area contributed by atoms with Crippen LogP contribution in [0, 0.1) is 6.92 Å². The third-order valence-corrected chi connectivity index (χ3v) is 5.34. The minimum Gasteiger partial charge on any atom is -0.391 e. The lowest BCUT2D eigenvalue weighted by Crippen LogP contribution is -2.57. The average Bonchev–Trinajstić information content (AvgIpc) is 2.69. The SMILES string of the molecule is Cc1cc(CNC(=O)N(C)[C@H]2CN(c3cccnn3)CC[C@H]2O)ccc1Cl. The molecule has 1 aromatic carbocycles. The summed E-state index contributed by atoms with van der Waals surface area (Å²) in [5.74, 6) is 0.750. The highest BCUT2D eigenvalue weighted by Crippen LogP contribution is 2.20. The van der Waals surface area contributed by atoms with E-state index in [-0.39, 0.29) is 12.1 Å². The van der Waals surface area contributed by atoms with Crippen molar-refractivity contribution in [3.63, 3.8) is 0 Å². The summed E-state index contributed by atoms with van der Waals surface area (Å²) in [4.78, 5) is 16.2. The molecule has 0 unspecified atom stereocenters. The van der Waals surface area contributed by atoms with Gasteiger partial charge < -0.3 is 20.2 Å². The van der Waals surface area contributed by atoms with Gasteiger partial charge in [0.05, 0.1) is 12.1 Å². The number of carbonyl (C=O) groups is 1. The van der Waals surface area contributed by atoms with Crippen molar-refractivity contribution < 1.29 is 9.90 Å². The van der Waals surface area contributed by atoms with Gasteiger partial charge in [0.15, 0.2) is 5.82 Å². The molecule has 3 rings (SSSR count). The second-order valence-corrected chi connectivity index (χ2v) is 7.21. The first kappa shape index (κ1) is 19.4. The zero-order valence-electron chi connectivity index (χ0n) is 15.5. The van der Waals surface area contributed by atoms with E-state index in [2.05, 4.69) is 15.5 Å². The Balaban J connectivity index is 1.61. The standard InChI is InChI=1S/C19H24ClN5O2/c1-13-10-14(5-6-15(13)20)11-21-19(27)24(2)16-12-25(9-7-17(16)26)18-4-3-8-22-23-18/h3-6,8,10,16-17,26H,7,9,11-12H2,1-2H3,(H,21,27)/t16-,17+/m0/s1. The second kappa shape index (κ2) is 8.54. The number of piperidine rings is 1. The summed E-state index contributed by atoms with van der Waals surface area (Å²) in [6, 6.07) is 8.82. The number of nitrogens with zero attached hydrogens (tertiary/aromatic N) is 4. The van der Waals surface area contributed by atoms with Gasteiger partial charge in [0, 0.05) is 37.9 Å². The zero-order valence-corrected chi connectivity index (χ0v) is 16.2. The number of aromatic nitrogens is 2. The molecule has 1 aliphatic heterocycles. The van der Waals surface area contributed by atoms with Gasteiger partial charge in [-0.25, -0.2) is 4.79 Å². The number of anilines is 1. The molecule has 2 amide bonds. The Morgan fingerprint density at radius 2 is 2.26 bits per heavy atom. The number of aliphatic hydroxyl groups is 1. The molecule has 8 heteroatoms. The first-order valence-corrected chi connectivity index (χ1v) is 9.30. The molecule has 2 aromatic rings. The maximum atomic E-state index is 12.6. The van der Waals surface area contributed by atoms with E-state index in [1.165, 1.54) is 0 Å². The highest BCUT2D eigenvalue weighted by Gasteiger charge is 2.33. The van der Waals surface area contributed by atoms with E-state index in [1.807, 2.05) is 42.2 Å². The maximum absolute atomic E-state index is 12.6. The van der Waals surface area contributed by atoms with Gasteiger partial charge in [-0.1, -0.05) is 23.7 Å². The van der Waals surface area contributed by atoms with Crippen molar-refractivity contribution in [1.29, 1.82) is 0 Å². The maximum Gasteiger partial charge on any atom is 0.317 e. The van der Waals surface area contributed by atoms with Crippen molar-refractivity contribution in [2.75, 3.05) is 25.0 Å². The number of aliphatic hydroxyl groups excluding tert-OH is 1. The summed E-state index contributed by atoms with van der Waals surface area (Å²) >= 11 is 6.04. The number of rotatable bonds is 4. The zero-order chi connectivity index (χ0) is 19.4. The Morgan fingerprint density at radius 1 is 1.44 bits per heavy atom. The summed E-state index contributed by atoms with van der Waals surface area (Å²) in [7, 11) is 1.70. The third-order valence-electron chi connectivity index (χ3n) is 4.91. The molecular formula is C19H24ClN5O2. The van der Waals surface area contributed by atoms with Gasteiger partial charge in [-0.15, -0.1) is 5.10 Å². The van der Waals surface area contributed by atoms with Crippen LogP contribution in [0.5, 0.6) is 0 Å². The quantitative estimate of drug-likeness (QED) is 0.837. The first-order valence-electron chi connectivity index (χ1n) is 8.92. The summed E-state index contributed by atoms with van der Waals surface area (Å²) in [6.07, 6.45) is 1.61. The molecule has 1 aliphatic rings. The number of urea groups is 1. The van der Waals surface area contributed by atoms with Crippen molar-refractivity contribution in [1.82, 2.24) is 20.4 Å². The van der Waals surface area contributed by atoms with E-state index in [0.29, 0.717) is 31.1 Å². The molecule has 2 atom stereocenters. The molecule has 0 bridgehead atoms. The molecule has 0 aliphatic carbocycles. The number of benzene rings is 1.